The average molecular weight is 650 g/mol. The van der Waals surface area contributed by atoms with Gasteiger partial charge in [0.1, 0.15) is 30.2 Å². The highest BCUT2D eigenvalue weighted by atomic mass is 32.2. The van der Waals surface area contributed by atoms with Gasteiger partial charge in [-0.1, -0.05) is 84.0 Å². The molecule has 1 aliphatic rings. The molecule has 8 atom stereocenters. The zero-order chi connectivity index (χ0) is 32.5. The number of aliphatic hydroxyl groups excluding tert-OH is 6. The molecule has 0 radical (unpaired) electrons. The minimum atomic E-state index is -4.20. The van der Waals surface area contributed by atoms with E-state index in [1.54, 1.807) is 0 Å². The number of benzene rings is 1. The number of ether oxygens (including phenoxy) is 3. The van der Waals surface area contributed by atoms with Crippen LogP contribution in [0.5, 0.6) is 5.75 Å². The van der Waals surface area contributed by atoms with Gasteiger partial charge in [-0.25, -0.2) is 13.1 Å². The maximum absolute atomic E-state index is 13.2. The molecule has 0 aliphatic carbocycles. The summed E-state index contributed by atoms with van der Waals surface area (Å²) in [5.41, 5.74) is 0. The van der Waals surface area contributed by atoms with E-state index >= 15 is 0 Å². The maximum atomic E-state index is 13.2. The first kappa shape index (κ1) is 38.8. The Hall–Kier alpha value is -1.39. The van der Waals surface area contributed by atoms with Crippen molar-refractivity contribution in [1.29, 1.82) is 0 Å². The lowest BCUT2D eigenvalue weighted by molar-refractivity contribution is -0.303. The smallest absolute Gasteiger partial charge is 0.240 e. The molecule has 1 fully saturated rings. The summed E-state index contributed by atoms with van der Waals surface area (Å²) in [5, 5.41) is 61.7. The second-order valence-corrected chi connectivity index (χ2v) is 13.4. The summed E-state index contributed by atoms with van der Waals surface area (Å²) in [6.45, 7) is 0.985. The van der Waals surface area contributed by atoms with Crippen LogP contribution in [0.15, 0.2) is 29.2 Å². The Balaban J connectivity index is 1.94. The standard InChI is InChI=1S/C31H55NO11S/c1-3-4-5-6-7-8-9-10-11-12-13-14-15-25(34)27(35)24(32-44(39,40)23-18-16-22(41-2)17-19-23)21-42-31-30(38)29(37)28(36)26(20-33)43-31/h16-19,24-38H,3-15,20-21H2,1-2H3/t24-,25-,26-,27+,28+,29+,30-,31+/m1/s1. The molecule has 0 aromatic heterocycles. The Kier molecular flexibility index (Phi) is 18.2. The van der Waals surface area contributed by atoms with Gasteiger partial charge in [-0.05, 0) is 30.7 Å². The number of hydrogen-bond acceptors (Lipinski definition) is 11. The molecule has 0 spiro atoms. The molecule has 1 saturated heterocycles. The van der Waals surface area contributed by atoms with Gasteiger partial charge in [-0.15, -0.1) is 0 Å². The summed E-state index contributed by atoms with van der Waals surface area (Å²) in [4.78, 5) is -0.112. The van der Waals surface area contributed by atoms with Crippen LogP contribution in [0, 0.1) is 0 Å². The molecule has 1 heterocycles. The van der Waals surface area contributed by atoms with E-state index in [4.69, 9.17) is 14.2 Å². The van der Waals surface area contributed by atoms with Gasteiger partial charge in [0.25, 0.3) is 0 Å². The van der Waals surface area contributed by atoms with E-state index in [1.807, 2.05) is 0 Å². The van der Waals surface area contributed by atoms with Crippen molar-refractivity contribution in [2.45, 2.75) is 144 Å². The van der Waals surface area contributed by atoms with Crippen molar-refractivity contribution in [3.05, 3.63) is 24.3 Å². The van der Waals surface area contributed by atoms with Crippen molar-refractivity contribution >= 4 is 10.0 Å². The van der Waals surface area contributed by atoms with Crippen LogP contribution in [0.25, 0.3) is 0 Å². The van der Waals surface area contributed by atoms with Crippen LogP contribution in [0.3, 0.4) is 0 Å². The molecule has 1 aromatic carbocycles. The highest BCUT2D eigenvalue weighted by Gasteiger charge is 2.44. The molecule has 12 nitrogen and oxygen atoms in total. The second kappa shape index (κ2) is 20.7. The normalized spacial score (nSPS) is 24.6. The third-order valence-electron chi connectivity index (χ3n) is 8.12. The summed E-state index contributed by atoms with van der Waals surface area (Å²) in [7, 11) is -2.75. The largest absolute Gasteiger partial charge is 0.497 e. The van der Waals surface area contributed by atoms with Gasteiger partial charge in [0.15, 0.2) is 6.29 Å². The van der Waals surface area contributed by atoms with Gasteiger partial charge in [0.05, 0.1) is 43.5 Å². The number of methoxy groups -OCH3 is 1. The second-order valence-electron chi connectivity index (χ2n) is 11.7. The van der Waals surface area contributed by atoms with Crippen molar-refractivity contribution in [2.75, 3.05) is 20.3 Å². The van der Waals surface area contributed by atoms with Crippen LogP contribution in [0.2, 0.25) is 0 Å². The lowest BCUT2D eigenvalue weighted by Crippen LogP contribution is -2.60. The Labute approximate surface area is 262 Å². The van der Waals surface area contributed by atoms with Crippen LogP contribution < -0.4 is 9.46 Å². The first-order valence-corrected chi connectivity index (χ1v) is 17.5. The van der Waals surface area contributed by atoms with Gasteiger partial charge in [-0.2, -0.15) is 0 Å². The summed E-state index contributed by atoms with van der Waals surface area (Å²) >= 11 is 0. The zero-order valence-corrected chi connectivity index (χ0v) is 27.0. The van der Waals surface area contributed by atoms with E-state index in [9.17, 15) is 39.1 Å². The Morgan fingerprint density at radius 2 is 1.39 bits per heavy atom. The monoisotopic (exact) mass is 649 g/mol. The Morgan fingerprint density at radius 3 is 1.91 bits per heavy atom. The molecule has 0 unspecified atom stereocenters. The molecule has 7 N–H and O–H groups in total. The van der Waals surface area contributed by atoms with E-state index in [-0.39, 0.29) is 11.3 Å². The SMILES string of the molecule is CCCCCCCCCCCCCC[C@@H](O)[C@@H](O)[C@@H](CO[C@H]1O[C@H](CO)[C@H](O)[C@H](O)[C@H]1O)NS(=O)(=O)c1ccc(OC)cc1. The quantitative estimate of drug-likeness (QED) is 0.0857. The third kappa shape index (κ3) is 12.8. The summed E-state index contributed by atoms with van der Waals surface area (Å²) in [6, 6.07) is 4.21. The molecular weight excluding hydrogens is 594 g/mol. The fraction of sp³-hybridized carbons (Fsp3) is 0.806. The number of nitrogens with one attached hydrogen (secondary N) is 1. The summed E-state index contributed by atoms with van der Waals surface area (Å²) < 4.78 is 44.7. The zero-order valence-electron chi connectivity index (χ0n) is 26.2. The number of sulfonamides is 1. The van der Waals surface area contributed by atoms with Gasteiger partial charge < -0.3 is 44.8 Å². The fourth-order valence-electron chi connectivity index (χ4n) is 5.26. The van der Waals surface area contributed by atoms with Gasteiger partial charge >= 0.3 is 0 Å². The lowest BCUT2D eigenvalue weighted by atomic mass is 9.99. The number of hydrogen-bond donors (Lipinski definition) is 7. The molecule has 44 heavy (non-hydrogen) atoms. The van der Waals surface area contributed by atoms with E-state index < -0.39 is 72.2 Å². The van der Waals surface area contributed by atoms with Crippen LogP contribution in [-0.2, 0) is 19.5 Å². The molecule has 13 heteroatoms. The molecule has 0 saturated carbocycles. The minimum absolute atomic E-state index is 0.112. The van der Waals surface area contributed by atoms with Crippen molar-refractivity contribution < 1.29 is 53.3 Å². The van der Waals surface area contributed by atoms with E-state index in [0.29, 0.717) is 12.2 Å². The van der Waals surface area contributed by atoms with Crippen molar-refractivity contribution in [2.24, 2.45) is 0 Å². The van der Waals surface area contributed by atoms with Crippen molar-refractivity contribution in [3.8, 4) is 5.75 Å². The maximum Gasteiger partial charge on any atom is 0.240 e. The first-order valence-electron chi connectivity index (χ1n) is 16.0. The van der Waals surface area contributed by atoms with E-state index in [1.165, 1.54) is 82.7 Å². The first-order chi connectivity index (χ1) is 21.0. The number of aliphatic hydroxyl groups is 6. The Morgan fingerprint density at radius 1 is 0.841 bits per heavy atom. The van der Waals surface area contributed by atoms with Gasteiger partial charge in [0.2, 0.25) is 10.0 Å². The van der Waals surface area contributed by atoms with Crippen LogP contribution in [-0.4, -0.2) is 108 Å². The molecule has 0 bridgehead atoms. The summed E-state index contributed by atoms with van der Waals surface area (Å²) in [5.74, 6) is 0.448. The molecule has 256 valence electrons. The highest BCUT2D eigenvalue weighted by molar-refractivity contribution is 7.89. The number of unbranched alkanes of at least 4 members (excludes halogenated alkanes) is 11. The van der Waals surface area contributed by atoms with Gasteiger partial charge in [-0.3, -0.25) is 0 Å². The van der Waals surface area contributed by atoms with Crippen LogP contribution in [0.1, 0.15) is 90.4 Å². The third-order valence-corrected chi connectivity index (χ3v) is 9.63. The van der Waals surface area contributed by atoms with E-state index in [2.05, 4.69) is 11.6 Å². The molecule has 1 aromatic rings. The fourth-order valence-corrected chi connectivity index (χ4v) is 6.50. The highest BCUT2D eigenvalue weighted by Crippen LogP contribution is 2.23. The predicted octanol–water partition coefficient (Wildman–Crippen LogP) is 1.97. The predicted molar refractivity (Wildman–Crippen MR) is 165 cm³/mol. The lowest BCUT2D eigenvalue weighted by Gasteiger charge is -2.40. The Bertz CT molecular complexity index is 995. The minimum Gasteiger partial charge on any atom is -0.497 e. The van der Waals surface area contributed by atoms with E-state index in [0.717, 1.165) is 19.3 Å². The topological polar surface area (TPSA) is 195 Å². The van der Waals surface area contributed by atoms with Gasteiger partial charge in [0, 0.05) is 0 Å². The van der Waals surface area contributed by atoms with Crippen LogP contribution >= 0.6 is 0 Å². The molecule has 1 aliphatic heterocycles. The van der Waals surface area contributed by atoms with Crippen LogP contribution in [0.4, 0.5) is 0 Å². The molecule has 0 amide bonds. The molecular formula is C31H55NO11S. The van der Waals surface area contributed by atoms with Crippen molar-refractivity contribution in [1.82, 2.24) is 4.72 Å². The average Bonchev–Trinajstić information content (AvgIpc) is 3.02. The van der Waals surface area contributed by atoms with Crippen molar-refractivity contribution in [3.63, 3.8) is 0 Å². The molecule has 2 rings (SSSR count). The number of rotatable bonds is 23. The summed E-state index contributed by atoms with van der Waals surface area (Å²) in [6.07, 6.45) is 3.33.